The first kappa shape index (κ1) is 14.6. The van der Waals surface area contributed by atoms with Gasteiger partial charge in [-0.25, -0.2) is 4.98 Å². The minimum atomic E-state index is -0.377. The Bertz CT molecular complexity index is 659. The van der Waals surface area contributed by atoms with E-state index in [0.717, 1.165) is 5.56 Å². The minimum Gasteiger partial charge on any atom is -0.373 e. The maximum absolute atomic E-state index is 12.2. The molecule has 0 unspecified atom stereocenters. The van der Waals surface area contributed by atoms with Gasteiger partial charge in [0.2, 0.25) is 0 Å². The van der Waals surface area contributed by atoms with Gasteiger partial charge in [-0.2, -0.15) is 0 Å². The number of nitrogens with zero attached hydrogens (tertiary/aromatic N) is 1. The van der Waals surface area contributed by atoms with E-state index in [1.54, 1.807) is 37.4 Å². The van der Waals surface area contributed by atoms with Crippen LogP contribution in [0, 0.1) is 6.92 Å². The van der Waals surface area contributed by atoms with E-state index in [9.17, 15) is 4.79 Å². The highest BCUT2D eigenvalue weighted by atomic mass is 35.5. The van der Waals surface area contributed by atoms with Crippen LogP contribution >= 0.6 is 23.2 Å². The summed E-state index contributed by atoms with van der Waals surface area (Å²) >= 11 is 12.0. The van der Waals surface area contributed by atoms with Crippen molar-refractivity contribution in [2.24, 2.45) is 0 Å². The van der Waals surface area contributed by atoms with Crippen LogP contribution in [0.5, 0.6) is 0 Å². The summed E-state index contributed by atoms with van der Waals surface area (Å²) in [5.41, 5.74) is 1.59. The molecule has 0 fully saturated rings. The van der Waals surface area contributed by atoms with Gasteiger partial charge in [-0.15, -0.1) is 0 Å². The van der Waals surface area contributed by atoms with Gasteiger partial charge in [0, 0.05) is 17.8 Å². The van der Waals surface area contributed by atoms with Gasteiger partial charge in [0.05, 0.1) is 5.02 Å². The molecule has 2 N–H and O–H groups in total. The number of pyridine rings is 1. The monoisotopic (exact) mass is 309 g/mol. The predicted molar refractivity (Wildman–Crippen MR) is 82.9 cm³/mol. The summed E-state index contributed by atoms with van der Waals surface area (Å²) in [7, 11) is 1.72. The average molecular weight is 310 g/mol. The van der Waals surface area contributed by atoms with Crippen LogP contribution in [0.15, 0.2) is 30.3 Å². The second-order valence-electron chi connectivity index (χ2n) is 4.14. The van der Waals surface area contributed by atoms with Crippen molar-refractivity contribution in [3.05, 3.63) is 51.6 Å². The van der Waals surface area contributed by atoms with Gasteiger partial charge in [0.25, 0.3) is 5.91 Å². The third-order valence-corrected chi connectivity index (χ3v) is 3.55. The summed E-state index contributed by atoms with van der Waals surface area (Å²) in [5, 5.41) is 6.51. The zero-order valence-corrected chi connectivity index (χ0v) is 12.5. The smallest absolute Gasteiger partial charge is 0.275 e. The first-order valence-electron chi connectivity index (χ1n) is 5.93. The van der Waals surface area contributed by atoms with Crippen molar-refractivity contribution in [2.75, 3.05) is 17.7 Å². The number of carbonyl (C=O) groups excluding carboxylic acids is 1. The lowest BCUT2D eigenvalue weighted by Gasteiger charge is -2.10. The predicted octanol–water partition coefficient (Wildman–Crippen LogP) is 3.99. The zero-order chi connectivity index (χ0) is 14.7. The molecular weight excluding hydrogens is 297 g/mol. The molecular formula is C14H13Cl2N3O. The number of carbonyl (C=O) groups is 1. The lowest BCUT2D eigenvalue weighted by Crippen LogP contribution is -2.15. The quantitative estimate of drug-likeness (QED) is 0.901. The second-order valence-corrected chi connectivity index (χ2v) is 4.96. The third-order valence-electron chi connectivity index (χ3n) is 2.83. The number of hydrogen-bond donors (Lipinski definition) is 2. The summed E-state index contributed by atoms with van der Waals surface area (Å²) < 4.78 is 0. The number of benzene rings is 1. The van der Waals surface area contributed by atoms with Crippen LogP contribution < -0.4 is 10.6 Å². The molecule has 1 aromatic carbocycles. The molecule has 0 bridgehead atoms. The summed E-state index contributed by atoms with van der Waals surface area (Å²) in [5.74, 6) is 0.194. The van der Waals surface area contributed by atoms with Gasteiger partial charge in [-0.3, -0.25) is 4.79 Å². The fourth-order valence-corrected chi connectivity index (χ4v) is 2.03. The first-order valence-corrected chi connectivity index (χ1v) is 6.69. The van der Waals surface area contributed by atoms with Crippen molar-refractivity contribution in [1.29, 1.82) is 0 Å². The molecule has 1 heterocycles. The molecule has 6 heteroatoms. The average Bonchev–Trinajstić information content (AvgIpc) is 2.44. The molecule has 4 nitrogen and oxygen atoms in total. The van der Waals surface area contributed by atoms with Crippen molar-refractivity contribution in [2.45, 2.75) is 6.92 Å². The van der Waals surface area contributed by atoms with Gasteiger partial charge in [-0.05, 0) is 36.8 Å². The Labute approximate surface area is 127 Å². The Kier molecular flexibility index (Phi) is 4.47. The topological polar surface area (TPSA) is 54.0 Å². The largest absolute Gasteiger partial charge is 0.373 e. The van der Waals surface area contributed by atoms with E-state index in [2.05, 4.69) is 15.6 Å². The van der Waals surface area contributed by atoms with Crippen LogP contribution in [0.3, 0.4) is 0 Å². The van der Waals surface area contributed by atoms with E-state index >= 15 is 0 Å². The summed E-state index contributed by atoms with van der Waals surface area (Å²) in [4.78, 5) is 16.4. The Morgan fingerprint density at radius 1 is 1.15 bits per heavy atom. The van der Waals surface area contributed by atoms with E-state index in [-0.39, 0.29) is 11.6 Å². The molecule has 2 aromatic rings. The van der Waals surface area contributed by atoms with Crippen molar-refractivity contribution in [1.82, 2.24) is 4.98 Å². The Balaban J connectivity index is 2.30. The van der Waals surface area contributed by atoms with Gasteiger partial charge in [0.1, 0.15) is 11.5 Å². The number of rotatable bonds is 3. The zero-order valence-electron chi connectivity index (χ0n) is 11.0. The summed E-state index contributed by atoms with van der Waals surface area (Å²) in [6.07, 6.45) is 0. The Hall–Kier alpha value is -1.78. The van der Waals surface area contributed by atoms with E-state index < -0.39 is 0 Å². The highest BCUT2D eigenvalue weighted by molar-refractivity contribution is 6.34. The van der Waals surface area contributed by atoms with Crippen LogP contribution in [-0.2, 0) is 0 Å². The highest BCUT2D eigenvalue weighted by Crippen LogP contribution is 2.24. The maximum atomic E-state index is 12.2. The third kappa shape index (κ3) is 3.03. The number of halogens is 2. The van der Waals surface area contributed by atoms with Gasteiger partial charge in [0.15, 0.2) is 0 Å². The number of hydrogen-bond acceptors (Lipinski definition) is 3. The Morgan fingerprint density at radius 2 is 1.90 bits per heavy atom. The van der Waals surface area contributed by atoms with Crippen molar-refractivity contribution < 1.29 is 4.79 Å². The van der Waals surface area contributed by atoms with E-state index in [0.29, 0.717) is 21.6 Å². The lowest BCUT2D eigenvalue weighted by molar-refractivity contribution is 0.102. The van der Waals surface area contributed by atoms with Crippen molar-refractivity contribution in [3.8, 4) is 0 Å². The second kappa shape index (κ2) is 6.11. The number of aromatic nitrogens is 1. The molecule has 0 saturated carbocycles. The van der Waals surface area contributed by atoms with Crippen LogP contribution in [0.1, 0.15) is 16.1 Å². The fraction of sp³-hybridized carbons (Fsp3) is 0.143. The van der Waals surface area contributed by atoms with E-state index in [1.165, 1.54) is 0 Å². The van der Waals surface area contributed by atoms with Crippen LogP contribution in [-0.4, -0.2) is 17.9 Å². The molecule has 0 aliphatic carbocycles. The van der Waals surface area contributed by atoms with Crippen molar-refractivity contribution in [3.63, 3.8) is 0 Å². The number of amides is 1. The summed E-state index contributed by atoms with van der Waals surface area (Å²) in [6, 6.07) is 8.63. The minimum absolute atomic E-state index is 0.165. The van der Waals surface area contributed by atoms with E-state index in [1.807, 2.05) is 6.92 Å². The van der Waals surface area contributed by atoms with Crippen LogP contribution in [0.25, 0.3) is 0 Å². The highest BCUT2D eigenvalue weighted by Gasteiger charge is 2.14. The van der Waals surface area contributed by atoms with E-state index in [4.69, 9.17) is 23.2 Å². The van der Waals surface area contributed by atoms with Gasteiger partial charge in [-0.1, -0.05) is 29.3 Å². The Morgan fingerprint density at radius 3 is 2.60 bits per heavy atom. The molecule has 0 aliphatic rings. The molecule has 20 heavy (non-hydrogen) atoms. The van der Waals surface area contributed by atoms with Crippen LogP contribution in [0.4, 0.5) is 11.5 Å². The SMILES string of the molecule is CNc1ccc(Cl)c(C(=O)Nc2cccc(Cl)c2C)n1. The molecule has 0 radical (unpaired) electrons. The summed E-state index contributed by atoms with van der Waals surface area (Å²) in [6.45, 7) is 1.83. The maximum Gasteiger partial charge on any atom is 0.275 e. The molecule has 0 saturated heterocycles. The molecule has 1 aromatic heterocycles. The molecule has 0 spiro atoms. The van der Waals surface area contributed by atoms with Gasteiger partial charge >= 0.3 is 0 Å². The lowest BCUT2D eigenvalue weighted by atomic mass is 10.2. The normalized spacial score (nSPS) is 10.2. The molecule has 1 amide bonds. The standard InChI is InChI=1S/C14H13Cl2N3O/c1-8-9(15)4-3-5-11(8)18-14(20)13-10(16)6-7-12(17-2)19-13/h3-7H,1-2H3,(H,17,19)(H,18,20). The van der Waals surface area contributed by atoms with Crippen LogP contribution in [0.2, 0.25) is 10.0 Å². The fourth-order valence-electron chi connectivity index (χ4n) is 1.67. The van der Waals surface area contributed by atoms with Gasteiger partial charge < -0.3 is 10.6 Å². The molecule has 0 aliphatic heterocycles. The molecule has 2 rings (SSSR count). The number of anilines is 2. The first-order chi connectivity index (χ1) is 9.52. The molecule has 0 atom stereocenters. The molecule has 104 valence electrons. The number of nitrogens with one attached hydrogen (secondary N) is 2. The van der Waals surface area contributed by atoms with Crippen molar-refractivity contribution >= 4 is 40.6 Å².